The van der Waals surface area contributed by atoms with Gasteiger partial charge in [0.25, 0.3) is 0 Å². The van der Waals surface area contributed by atoms with Gasteiger partial charge < -0.3 is 15.5 Å². The Morgan fingerprint density at radius 1 is 1.20 bits per heavy atom. The van der Waals surface area contributed by atoms with Crippen molar-refractivity contribution < 1.29 is 0 Å². The Hall–Kier alpha value is -0.770. The summed E-state index contributed by atoms with van der Waals surface area (Å²) < 4.78 is 0. The van der Waals surface area contributed by atoms with Crippen molar-refractivity contribution in [1.29, 1.82) is 0 Å². The van der Waals surface area contributed by atoms with Gasteiger partial charge in [-0.15, -0.1) is 0 Å². The van der Waals surface area contributed by atoms with E-state index in [1.807, 2.05) is 7.05 Å². The molecule has 0 unspecified atom stereocenters. The summed E-state index contributed by atoms with van der Waals surface area (Å²) in [5.41, 5.74) is 5.46. The number of guanidine groups is 1. The number of aliphatic imine (C=N–C) groups is 1. The zero-order valence-corrected chi connectivity index (χ0v) is 10.1. The lowest BCUT2D eigenvalue weighted by atomic mass is 10.2. The lowest BCUT2D eigenvalue weighted by molar-refractivity contribution is 0.436. The third-order valence-corrected chi connectivity index (χ3v) is 2.91. The molecule has 88 valence electrons. The largest absolute Gasteiger partial charge is 0.344 e. The Balaban J connectivity index is 2.16. The van der Waals surface area contributed by atoms with Gasteiger partial charge in [0.15, 0.2) is 5.96 Å². The predicted molar refractivity (Wildman–Crippen MR) is 65.1 cm³/mol. The molecule has 15 heavy (non-hydrogen) atoms. The number of rotatable bonds is 6. The van der Waals surface area contributed by atoms with E-state index in [1.165, 1.54) is 19.3 Å². The van der Waals surface area contributed by atoms with Crippen LogP contribution in [-0.4, -0.2) is 56.0 Å². The van der Waals surface area contributed by atoms with E-state index in [-0.39, 0.29) is 0 Å². The highest BCUT2D eigenvalue weighted by molar-refractivity contribution is 5.81. The molecular weight excluding hydrogens is 188 g/mol. The smallest absolute Gasteiger partial charge is 0.196 e. The topological polar surface area (TPSA) is 44.9 Å². The van der Waals surface area contributed by atoms with Crippen molar-refractivity contribution in [2.45, 2.75) is 25.7 Å². The second-order valence-corrected chi connectivity index (χ2v) is 4.14. The van der Waals surface area contributed by atoms with E-state index < -0.39 is 0 Å². The number of nitrogens with two attached hydrogens (primary N) is 1. The average molecular weight is 212 g/mol. The summed E-state index contributed by atoms with van der Waals surface area (Å²) in [5.74, 6) is 1.15. The predicted octanol–water partition coefficient (Wildman–Crippen LogP) is 0.739. The van der Waals surface area contributed by atoms with Crippen LogP contribution in [0.15, 0.2) is 4.99 Å². The summed E-state index contributed by atoms with van der Waals surface area (Å²) in [6, 6.07) is 0. The van der Waals surface area contributed by atoms with Crippen molar-refractivity contribution in [1.82, 2.24) is 9.80 Å². The van der Waals surface area contributed by atoms with E-state index in [1.54, 1.807) is 0 Å². The summed E-state index contributed by atoms with van der Waals surface area (Å²) in [6.45, 7) is 4.20. The van der Waals surface area contributed by atoms with Gasteiger partial charge in [0.2, 0.25) is 0 Å². The van der Waals surface area contributed by atoms with Gasteiger partial charge in [-0.25, -0.2) is 0 Å². The fourth-order valence-electron chi connectivity index (χ4n) is 2.04. The molecule has 1 heterocycles. The zero-order valence-electron chi connectivity index (χ0n) is 10.1. The van der Waals surface area contributed by atoms with Gasteiger partial charge in [0.1, 0.15) is 0 Å². The van der Waals surface area contributed by atoms with Crippen LogP contribution in [0.5, 0.6) is 0 Å². The van der Waals surface area contributed by atoms with Crippen molar-refractivity contribution in [3.63, 3.8) is 0 Å². The zero-order chi connectivity index (χ0) is 11.1. The molecule has 0 aliphatic carbocycles. The van der Waals surface area contributed by atoms with Gasteiger partial charge in [0.05, 0.1) is 0 Å². The standard InChI is InChI=1S/C11H24N4/c1-13-11-14(2)9-10-15(11)8-6-4-3-5-7-12/h3-10,12H2,1-2H3. The molecule has 0 spiro atoms. The molecule has 0 radical (unpaired) electrons. The van der Waals surface area contributed by atoms with Gasteiger partial charge >= 0.3 is 0 Å². The fourth-order valence-corrected chi connectivity index (χ4v) is 2.04. The maximum atomic E-state index is 5.46. The number of unbranched alkanes of at least 4 members (excludes halogenated alkanes) is 3. The monoisotopic (exact) mass is 212 g/mol. The molecule has 0 bridgehead atoms. The Morgan fingerprint density at radius 3 is 2.60 bits per heavy atom. The van der Waals surface area contributed by atoms with Crippen LogP contribution in [0, 0.1) is 0 Å². The highest BCUT2D eigenvalue weighted by Crippen LogP contribution is 2.08. The van der Waals surface area contributed by atoms with Crippen molar-refractivity contribution in [2.75, 3.05) is 40.3 Å². The minimum Gasteiger partial charge on any atom is -0.344 e. The van der Waals surface area contributed by atoms with Crippen molar-refractivity contribution in [3.8, 4) is 0 Å². The molecule has 0 aromatic rings. The molecule has 4 nitrogen and oxygen atoms in total. The molecule has 1 aliphatic rings. The van der Waals surface area contributed by atoms with Gasteiger partial charge in [0, 0.05) is 33.7 Å². The van der Waals surface area contributed by atoms with Crippen LogP contribution < -0.4 is 5.73 Å². The number of hydrogen-bond donors (Lipinski definition) is 1. The summed E-state index contributed by atoms with van der Waals surface area (Å²) in [6.07, 6.45) is 4.97. The van der Waals surface area contributed by atoms with Crippen LogP contribution in [0.2, 0.25) is 0 Å². The average Bonchev–Trinajstić information content (AvgIpc) is 2.59. The van der Waals surface area contributed by atoms with E-state index in [4.69, 9.17) is 5.73 Å². The quantitative estimate of drug-likeness (QED) is 0.660. The molecule has 1 rings (SSSR count). The summed E-state index contributed by atoms with van der Waals surface area (Å²) in [4.78, 5) is 8.91. The minimum atomic E-state index is 0.828. The van der Waals surface area contributed by atoms with Crippen LogP contribution >= 0.6 is 0 Å². The van der Waals surface area contributed by atoms with Crippen molar-refractivity contribution in [3.05, 3.63) is 0 Å². The normalized spacial score (nSPS) is 19.3. The maximum absolute atomic E-state index is 5.46. The lowest BCUT2D eigenvalue weighted by Gasteiger charge is -2.19. The molecule has 0 aromatic carbocycles. The summed E-state index contributed by atoms with van der Waals surface area (Å²) in [7, 11) is 3.98. The van der Waals surface area contributed by atoms with E-state index in [9.17, 15) is 0 Å². The number of likely N-dealkylation sites (N-methyl/N-ethyl adjacent to an activating group) is 1. The third kappa shape index (κ3) is 3.70. The Bertz CT molecular complexity index is 203. The Morgan fingerprint density at radius 2 is 1.93 bits per heavy atom. The molecule has 0 amide bonds. The molecular formula is C11H24N4. The first kappa shape index (κ1) is 12.3. The molecule has 1 fully saturated rings. The molecule has 0 saturated carbocycles. The lowest BCUT2D eigenvalue weighted by Crippen LogP contribution is -2.32. The van der Waals surface area contributed by atoms with Gasteiger partial charge in [-0.1, -0.05) is 12.8 Å². The van der Waals surface area contributed by atoms with Crippen molar-refractivity contribution in [2.24, 2.45) is 10.7 Å². The highest BCUT2D eigenvalue weighted by Gasteiger charge is 2.21. The van der Waals surface area contributed by atoms with Crippen LogP contribution in [0.3, 0.4) is 0 Å². The second kappa shape index (κ2) is 6.67. The molecule has 2 N–H and O–H groups in total. The first-order chi connectivity index (χ1) is 7.29. The first-order valence-electron chi connectivity index (χ1n) is 5.92. The maximum Gasteiger partial charge on any atom is 0.196 e. The first-order valence-corrected chi connectivity index (χ1v) is 5.92. The Kier molecular flexibility index (Phi) is 5.47. The molecule has 4 heteroatoms. The Labute approximate surface area is 93.1 Å². The minimum absolute atomic E-state index is 0.828. The van der Waals surface area contributed by atoms with Crippen LogP contribution in [0.25, 0.3) is 0 Å². The molecule has 0 atom stereocenters. The van der Waals surface area contributed by atoms with Crippen molar-refractivity contribution >= 4 is 5.96 Å². The van der Waals surface area contributed by atoms with E-state index in [2.05, 4.69) is 21.8 Å². The van der Waals surface area contributed by atoms with Crippen LogP contribution in [-0.2, 0) is 0 Å². The van der Waals surface area contributed by atoms with Crippen LogP contribution in [0.4, 0.5) is 0 Å². The fraction of sp³-hybridized carbons (Fsp3) is 0.909. The van der Waals surface area contributed by atoms with E-state index >= 15 is 0 Å². The summed E-state index contributed by atoms with van der Waals surface area (Å²) in [5, 5.41) is 0. The molecule has 0 aromatic heterocycles. The van der Waals surface area contributed by atoms with Gasteiger partial charge in [-0.3, -0.25) is 4.99 Å². The third-order valence-electron chi connectivity index (χ3n) is 2.91. The molecule has 1 saturated heterocycles. The van der Waals surface area contributed by atoms with E-state index in [0.29, 0.717) is 0 Å². The molecule has 1 aliphatic heterocycles. The van der Waals surface area contributed by atoms with Crippen LogP contribution in [0.1, 0.15) is 25.7 Å². The second-order valence-electron chi connectivity index (χ2n) is 4.14. The van der Waals surface area contributed by atoms with Gasteiger partial charge in [-0.05, 0) is 19.4 Å². The van der Waals surface area contributed by atoms with Gasteiger partial charge in [-0.2, -0.15) is 0 Å². The number of hydrogen-bond acceptors (Lipinski definition) is 2. The highest BCUT2D eigenvalue weighted by atomic mass is 15.4. The number of nitrogens with zero attached hydrogens (tertiary/aromatic N) is 3. The summed E-state index contributed by atoms with van der Waals surface area (Å²) >= 11 is 0. The SMILES string of the molecule is CN=C1N(C)CCN1CCCCCCN. The van der Waals surface area contributed by atoms with E-state index in [0.717, 1.165) is 38.6 Å².